The lowest BCUT2D eigenvalue weighted by Crippen LogP contribution is -2.47. The van der Waals surface area contributed by atoms with Gasteiger partial charge in [-0.05, 0) is 30.9 Å². The van der Waals surface area contributed by atoms with Gasteiger partial charge in [0.05, 0.1) is 6.54 Å². The molecule has 6 nitrogen and oxygen atoms in total. The Morgan fingerprint density at radius 2 is 1.85 bits per heavy atom. The molecule has 0 aromatic carbocycles. The number of unbranched alkanes of at least 4 members (excludes halogenated alkanes) is 2. The third-order valence-electron chi connectivity index (χ3n) is 4.54. The van der Waals surface area contributed by atoms with E-state index in [0.717, 1.165) is 31.4 Å². The first-order valence-corrected chi connectivity index (χ1v) is 10.3. The van der Waals surface area contributed by atoms with E-state index in [9.17, 15) is 9.59 Å². The summed E-state index contributed by atoms with van der Waals surface area (Å²) in [4.78, 5) is 29.1. The van der Waals surface area contributed by atoms with Gasteiger partial charge < -0.3 is 19.7 Å². The monoisotopic (exact) mass is 378 g/mol. The first-order chi connectivity index (χ1) is 12.9. The number of nitrogens with zero attached hydrogens (tertiary/aromatic N) is 3. The number of amides is 3. The molecular formula is C21H38N4O2. The summed E-state index contributed by atoms with van der Waals surface area (Å²) in [5, 5.41) is 2.94. The molecular weight excluding hydrogens is 340 g/mol. The van der Waals surface area contributed by atoms with Crippen LogP contribution in [-0.2, 0) is 18.4 Å². The van der Waals surface area contributed by atoms with Crippen molar-refractivity contribution in [2.45, 2.75) is 59.9 Å². The molecule has 0 atom stereocenters. The number of rotatable bonds is 12. The molecule has 0 fully saturated rings. The van der Waals surface area contributed by atoms with Crippen molar-refractivity contribution in [2.75, 3.05) is 26.2 Å². The number of carbonyl (C=O) groups is 2. The van der Waals surface area contributed by atoms with Gasteiger partial charge in [0.1, 0.15) is 6.54 Å². The van der Waals surface area contributed by atoms with E-state index in [2.05, 4.69) is 33.0 Å². The first kappa shape index (κ1) is 23.1. The highest BCUT2D eigenvalue weighted by Crippen LogP contribution is 2.10. The SMILES string of the molecule is CCCCNC(=O)N(CCCC)CC(=O)N(Cc1cccn1C)CC(C)C. The van der Waals surface area contributed by atoms with E-state index in [4.69, 9.17) is 0 Å². The lowest BCUT2D eigenvalue weighted by molar-refractivity contribution is -0.133. The number of aromatic nitrogens is 1. The molecule has 1 heterocycles. The molecule has 0 bridgehead atoms. The summed E-state index contributed by atoms with van der Waals surface area (Å²) in [5.74, 6) is 0.378. The molecule has 154 valence electrons. The molecule has 27 heavy (non-hydrogen) atoms. The van der Waals surface area contributed by atoms with Gasteiger partial charge >= 0.3 is 6.03 Å². The number of hydrogen-bond acceptors (Lipinski definition) is 2. The van der Waals surface area contributed by atoms with Gasteiger partial charge in [-0.3, -0.25) is 4.79 Å². The minimum Gasteiger partial charge on any atom is -0.353 e. The van der Waals surface area contributed by atoms with Crippen LogP contribution in [0, 0.1) is 5.92 Å². The smallest absolute Gasteiger partial charge is 0.317 e. The lowest BCUT2D eigenvalue weighted by Gasteiger charge is -2.29. The second-order valence-corrected chi connectivity index (χ2v) is 7.64. The molecule has 0 aliphatic carbocycles. The fraction of sp³-hybridized carbons (Fsp3) is 0.714. The minimum absolute atomic E-state index is 0.00615. The van der Waals surface area contributed by atoms with E-state index in [1.165, 1.54) is 0 Å². The largest absolute Gasteiger partial charge is 0.353 e. The topological polar surface area (TPSA) is 57.6 Å². The Bertz CT molecular complexity index is 568. The van der Waals surface area contributed by atoms with Gasteiger partial charge in [-0.1, -0.05) is 40.5 Å². The van der Waals surface area contributed by atoms with Crippen molar-refractivity contribution >= 4 is 11.9 Å². The number of nitrogens with one attached hydrogen (secondary N) is 1. The molecule has 1 rings (SSSR count). The quantitative estimate of drug-likeness (QED) is 0.565. The second-order valence-electron chi connectivity index (χ2n) is 7.64. The highest BCUT2D eigenvalue weighted by atomic mass is 16.2. The second kappa shape index (κ2) is 12.4. The third kappa shape index (κ3) is 8.50. The van der Waals surface area contributed by atoms with Gasteiger partial charge in [-0.25, -0.2) is 4.79 Å². The Hall–Kier alpha value is -1.98. The van der Waals surface area contributed by atoms with Crippen LogP contribution in [0.3, 0.4) is 0 Å². The maximum Gasteiger partial charge on any atom is 0.317 e. The van der Waals surface area contributed by atoms with E-state index >= 15 is 0 Å². The summed E-state index contributed by atoms with van der Waals surface area (Å²) < 4.78 is 2.03. The predicted octanol–water partition coefficient (Wildman–Crippen LogP) is 3.62. The molecule has 0 saturated heterocycles. The van der Waals surface area contributed by atoms with Crippen LogP contribution < -0.4 is 5.32 Å². The highest BCUT2D eigenvalue weighted by molar-refractivity contribution is 5.84. The van der Waals surface area contributed by atoms with Crippen LogP contribution in [0.2, 0.25) is 0 Å². The number of aryl methyl sites for hydroxylation is 1. The molecule has 6 heteroatoms. The van der Waals surface area contributed by atoms with Crippen molar-refractivity contribution in [3.63, 3.8) is 0 Å². The van der Waals surface area contributed by atoms with Gasteiger partial charge in [0.25, 0.3) is 0 Å². The van der Waals surface area contributed by atoms with Crippen LogP contribution in [0.4, 0.5) is 4.79 Å². The van der Waals surface area contributed by atoms with Crippen molar-refractivity contribution in [1.82, 2.24) is 19.7 Å². The molecule has 1 N–H and O–H groups in total. The van der Waals surface area contributed by atoms with Crippen molar-refractivity contribution in [2.24, 2.45) is 13.0 Å². The van der Waals surface area contributed by atoms with Crippen molar-refractivity contribution < 1.29 is 9.59 Å². The molecule has 0 radical (unpaired) electrons. The Balaban J connectivity index is 2.79. The number of urea groups is 1. The Labute approximate surface area is 164 Å². The van der Waals surface area contributed by atoms with Gasteiger partial charge in [-0.2, -0.15) is 0 Å². The molecule has 0 unspecified atom stereocenters. The highest BCUT2D eigenvalue weighted by Gasteiger charge is 2.22. The van der Waals surface area contributed by atoms with E-state index in [1.807, 2.05) is 34.8 Å². The normalized spacial score (nSPS) is 10.9. The van der Waals surface area contributed by atoms with Crippen LogP contribution >= 0.6 is 0 Å². The average Bonchev–Trinajstić information content (AvgIpc) is 3.02. The van der Waals surface area contributed by atoms with Crippen LogP contribution in [0.15, 0.2) is 18.3 Å². The molecule has 0 aliphatic rings. The van der Waals surface area contributed by atoms with Crippen molar-refractivity contribution in [3.05, 3.63) is 24.0 Å². The van der Waals surface area contributed by atoms with Gasteiger partial charge in [0.2, 0.25) is 5.91 Å². The maximum atomic E-state index is 13.0. The Kier molecular flexibility index (Phi) is 10.6. The van der Waals surface area contributed by atoms with Crippen molar-refractivity contribution in [1.29, 1.82) is 0 Å². The standard InChI is InChI=1S/C21H38N4O2/c1-6-8-12-22-21(27)24(14-9-7-2)17-20(26)25(15-18(3)4)16-19-11-10-13-23(19)5/h10-11,13,18H,6-9,12,14-17H2,1-5H3,(H,22,27). The summed E-state index contributed by atoms with van der Waals surface area (Å²) in [6.07, 6.45) is 5.87. The summed E-state index contributed by atoms with van der Waals surface area (Å²) in [6, 6.07) is 3.89. The zero-order valence-electron chi connectivity index (χ0n) is 17.8. The van der Waals surface area contributed by atoms with E-state index < -0.39 is 0 Å². The van der Waals surface area contributed by atoms with Crippen LogP contribution in [0.5, 0.6) is 0 Å². The summed E-state index contributed by atoms with van der Waals surface area (Å²) >= 11 is 0. The summed E-state index contributed by atoms with van der Waals surface area (Å²) in [7, 11) is 1.99. The fourth-order valence-corrected chi connectivity index (χ4v) is 2.90. The van der Waals surface area contributed by atoms with Gasteiger partial charge in [0, 0.05) is 38.6 Å². The molecule has 3 amide bonds. The average molecular weight is 379 g/mol. The van der Waals surface area contributed by atoms with E-state index in [-0.39, 0.29) is 18.5 Å². The molecule has 1 aromatic rings. The molecule has 1 aromatic heterocycles. The number of carbonyl (C=O) groups excluding carboxylic acids is 2. The first-order valence-electron chi connectivity index (χ1n) is 10.3. The maximum absolute atomic E-state index is 13.0. The zero-order chi connectivity index (χ0) is 20.2. The van der Waals surface area contributed by atoms with Crippen molar-refractivity contribution in [3.8, 4) is 0 Å². The summed E-state index contributed by atoms with van der Waals surface area (Å²) in [6.45, 7) is 11.1. The minimum atomic E-state index is -0.131. The fourth-order valence-electron chi connectivity index (χ4n) is 2.90. The van der Waals surface area contributed by atoms with Gasteiger partial charge in [0.15, 0.2) is 0 Å². The van der Waals surface area contributed by atoms with Crippen LogP contribution in [0.25, 0.3) is 0 Å². The van der Waals surface area contributed by atoms with Crippen LogP contribution in [0.1, 0.15) is 59.1 Å². The van der Waals surface area contributed by atoms with E-state index in [1.54, 1.807) is 4.90 Å². The molecule has 0 saturated carbocycles. The van der Waals surface area contributed by atoms with Crippen LogP contribution in [-0.4, -0.2) is 52.5 Å². The Morgan fingerprint density at radius 3 is 2.41 bits per heavy atom. The molecule has 0 spiro atoms. The summed E-state index contributed by atoms with van der Waals surface area (Å²) in [5.41, 5.74) is 1.09. The lowest BCUT2D eigenvalue weighted by atomic mass is 10.2. The number of hydrogen-bond donors (Lipinski definition) is 1. The van der Waals surface area contributed by atoms with Gasteiger partial charge in [-0.15, -0.1) is 0 Å². The Morgan fingerprint density at radius 1 is 1.15 bits per heavy atom. The predicted molar refractivity (Wildman–Crippen MR) is 110 cm³/mol. The zero-order valence-corrected chi connectivity index (χ0v) is 17.8. The third-order valence-corrected chi connectivity index (χ3v) is 4.54. The van der Waals surface area contributed by atoms with E-state index in [0.29, 0.717) is 32.1 Å². The molecule has 0 aliphatic heterocycles.